The summed E-state index contributed by atoms with van der Waals surface area (Å²) in [5.74, 6) is 0. The molecular formula is C16H25BrN2O. The average molecular weight is 341 g/mol. The van der Waals surface area contributed by atoms with Gasteiger partial charge in [-0.1, -0.05) is 28.1 Å². The van der Waals surface area contributed by atoms with Gasteiger partial charge in [0.15, 0.2) is 0 Å². The summed E-state index contributed by atoms with van der Waals surface area (Å²) in [6.07, 6.45) is 2.28. The highest BCUT2D eigenvalue weighted by Crippen LogP contribution is 2.31. The SMILES string of the molecule is COC1(C)CCCN(C(CN)c2ccc(C)c(Br)c2)C1. The smallest absolute Gasteiger partial charge is 0.0777 e. The highest BCUT2D eigenvalue weighted by Gasteiger charge is 2.34. The maximum Gasteiger partial charge on any atom is 0.0777 e. The molecule has 0 saturated carbocycles. The van der Waals surface area contributed by atoms with Gasteiger partial charge in [0.25, 0.3) is 0 Å². The van der Waals surface area contributed by atoms with E-state index in [-0.39, 0.29) is 11.6 Å². The fourth-order valence-electron chi connectivity index (χ4n) is 2.99. The molecule has 0 amide bonds. The Labute approximate surface area is 130 Å². The molecule has 2 rings (SSSR count). The summed E-state index contributed by atoms with van der Waals surface area (Å²) in [5, 5.41) is 0. The van der Waals surface area contributed by atoms with Crippen LogP contribution >= 0.6 is 15.9 Å². The van der Waals surface area contributed by atoms with Crippen molar-refractivity contribution < 1.29 is 4.74 Å². The van der Waals surface area contributed by atoms with Gasteiger partial charge in [0.05, 0.1) is 5.60 Å². The lowest BCUT2D eigenvalue weighted by Crippen LogP contribution is -2.49. The first kappa shape index (κ1) is 16.0. The number of ether oxygens (including phenoxy) is 1. The predicted molar refractivity (Wildman–Crippen MR) is 86.9 cm³/mol. The second kappa shape index (κ2) is 6.56. The average Bonchev–Trinajstić information content (AvgIpc) is 2.44. The molecule has 0 radical (unpaired) electrons. The molecule has 0 aromatic heterocycles. The van der Waals surface area contributed by atoms with Gasteiger partial charge in [-0.15, -0.1) is 0 Å². The van der Waals surface area contributed by atoms with Crippen molar-refractivity contribution >= 4 is 15.9 Å². The van der Waals surface area contributed by atoms with Gasteiger partial charge in [-0.2, -0.15) is 0 Å². The van der Waals surface area contributed by atoms with Crippen LogP contribution in [0.3, 0.4) is 0 Å². The fourth-order valence-corrected chi connectivity index (χ4v) is 3.39. The van der Waals surface area contributed by atoms with Gasteiger partial charge in [-0.25, -0.2) is 0 Å². The highest BCUT2D eigenvalue weighted by atomic mass is 79.9. The van der Waals surface area contributed by atoms with E-state index in [1.165, 1.54) is 11.1 Å². The number of rotatable bonds is 4. The highest BCUT2D eigenvalue weighted by molar-refractivity contribution is 9.10. The van der Waals surface area contributed by atoms with E-state index in [9.17, 15) is 0 Å². The van der Waals surface area contributed by atoms with Crippen LogP contribution in [0.2, 0.25) is 0 Å². The predicted octanol–water partition coefficient (Wildman–Crippen LogP) is 3.26. The van der Waals surface area contributed by atoms with Crippen LogP contribution in [0.1, 0.15) is 36.9 Å². The quantitative estimate of drug-likeness (QED) is 0.914. The lowest BCUT2D eigenvalue weighted by atomic mass is 9.92. The number of halogens is 1. The lowest BCUT2D eigenvalue weighted by molar-refractivity contribution is -0.0608. The standard InChI is InChI=1S/C16H25BrN2O/c1-12-5-6-13(9-14(12)17)15(10-18)19-8-4-7-16(2,11-19)20-3/h5-6,9,15H,4,7-8,10-11,18H2,1-3H3. The normalized spacial score (nSPS) is 25.6. The molecule has 112 valence electrons. The fraction of sp³-hybridized carbons (Fsp3) is 0.625. The lowest BCUT2D eigenvalue weighted by Gasteiger charge is -2.43. The van der Waals surface area contributed by atoms with Crippen molar-refractivity contribution in [3.8, 4) is 0 Å². The van der Waals surface area contributed by atoms with Crippen molar-refractivity contribution in [3.63, 3.8) is 0 Å². The zero-order valence-corrected chi connectivity index (χ0v) is 14.2. The van der Waals surface area contributed by atoms with Crippen LogP contribution in [0.5, 0.6) is 0 Å². The van der Waals surface area contributed by atoms with Crippen LogP contribution in [0, 0.1) is 6.92 Å². The molecule has 0 bridgehead atoms. The summed E-state index contributed by atoms with van der Waals surface area (Å²) >= 11 is 3.62. The number of nitrogens with two attached hydrogens (primary N) is 1. The second-order valence-electron chi connectivity index (χ2n) is 5.99. The van der Waals surface area contributed by atoms with Gasteiger partial charge in [0, 0.05) is 30.7 Å². The van der Waals surface area contributed by atoms with E-state index >= 15 is 0 Å². The maximum absolute atomic E-state index is 6.06. The van der Waals surface area contributed by atoms with E-state index in [1.54, 1.807) is 0 Å². The maximum atomic E-state index is 6.06. The third kappa shape index (κ3) is 3.42. The molecule has 1 fully saturated rings. The molecule has 1 heterocycles. The minimum atomic E-state index is -0.0480. The molecular weight excluding hydrogens is 316 g/mol. The molecule has 1 saturated heterocycles. The van der Waals surface area contributed by atoms with Crippen LogP contribution in [0.15, 0.2) is 22.7 Å². The largest absolute Gasteiger partial charge is 0.377 e. The van der Waals surface area contributed by atoms with Gasteiger partial charge in [-0.3, -0.25) is 4.90 Å². The molecule has 20 heavy (non-hydrogen) atoms. The number of benzene rings is 1. The first-order valence-electron chi connectivity index (χ1n) is 7.24. The van der Waals surface area contributed by atoms with E-state index in [0.717, 1.165) is 30.4 Å². The Bertz CT molecular complexity index is 466. The first-order valence-corrected chi connectivity index (χ1v) is 8.04. The molecule has 0 aliphatic carbocycles. The van der Waals surface area contributed by atoms with Crippen molar-refractivity contribution in [2.24, 2.45) is 5.73 Å². The van der Waals surface area contributed by atoms with Crippen molar-refractivity contribution in [1.82, 2.24) is 4.90 Å². The first-order chi connectivity index (χ1) is 9.49. The number of piperidine rings is 1. The Morgan fingerprint density at radius 3 is 2.85 bits per heavy atom. The summed E-state index contributed by atoms with van der Waals surface area (Å²) in [4.78, 5) is 2.46. The number of likely N-dealkylation sites (tertiary alicyclic amines) is 1. The number of hydrogen-bond acceptors (Lipinski definition) is 3. The summed E-state index contributed by atoms with van der Waals surface area (Å²) in [6, 6.07) is 6.81. The monoisotopic (exact) mass is 340 g/mol. The van der Waals surface area contributed by atoms with E-state index in [1.807, 2.05) is 7.11 Å². The Hall–Kier alpha value is -0.420. The molecule has 2 N–H and O–H groups in total. The van der Waals surface area contributed by atoms with Crippen molar-refractivity contribution in [2.75, 3.05) is 26.7 Å². The van der Waals surface area contributed by atoms with Crippen LogP contribution in [-0.4, -0.2) is 37.2 Å². The Kier molecular flexibility index (Phi) is 5.24. The summed E-state index contributed by atoms with van der Waals surface area (Å²) in [7, 11) is 1.81. The molecule has 4 heteroatoms. The molecule has 2 atom stereocenters. The molecule has 0 spiro atoms. The van der Waals surface area contributed by atoms with Crippen LogP contribution < -0.4 is 5.73 Å². The summed E-state index contributed by atoms with van der Waals surface area (Å²) in [6.45, 7) is 6.96. The molecule has 1 aromatic rings. The van der Waals surface area contributed by atoms with E-state index in [4.69, 9.17) is 10.5 Å². The minimum absolute atomic E-state index is 0.0480. The molecule has 1 aliphatic rings. The Balaban J connectivity index is 2.21. The van der Waals surface area contributed by atoms with Crippen molar-refractivity contribution in [2.45, 2.75) is 38.3 Å². The number of nitrogens with zero attached hydrogens (tertiary/aromatic N) is 1. The molecule has 1 aromatic carbocycles. The third-order valence-corrected chi connectivity index (χ3v) is 5.28. The topological polar surface area (TPSA) is 38.5 Å². The van der Waals surface area contributed by atoms with Crippen LogP contribution in [0.25, 0.3) is 0 Å². The zero-order chi connectivity index (χ0) is 14.8. The van der Waals surface area contributed by atoms with Gasteiger partial charge >= 0.3 is 0 Å². The number of hydrogen-bond donors (Lipinski definition) is 1. The van der Waals surface area contributed by atoms with E-state index in [0.29, 0.717) is 6.54 Å². The molecule has 1 aliphatic heterocycles. The van der Waals surface area contributed by atoms with Crippen molar-refractivity contribution in [1.29, 1.82) is 0 Å². The number of aryl methyl sites for hydroxylation is 1. The van der Waals surface area contributed by atoms with Gasteiger partial charge in [0.1, 0.15) is 0 Å². The van der Waals surface area contributed by atoms with E-state index in [2.05, 4.69) is 52.9 Å². The molecule has 2 unspecified atom stereocenters. The van der Waals surface area contributed by atoms with Gasteiger partial charge in [0.2, 0.25) is 0 Å². The van der Waals surface area contributed by atoms with Crippen LogP contribution in [-0.2, 0) is 4.74 Å². The summed E-state index contributed by atoms with van der Waals surface area (Å²) in [5.41, 5.74) is 8.55. The van der Waals surface area contributed by atoms with Crippen LogP contribution in [0.4, 0.5) is 0 Å². The minimum Gasteiger partial charge on any atom is -0.377 e. The van der Waals surface area contributed by atoms with Crippen molar-refractivity contribution in [3.05, 3.63) is 33.8 Å². The zero-order valence-electron chi connectivity index (χ0n) is 12.7. The van der Waals surface area contributed by atoms with E-state index < -0.39 is 0 Å². The van der Waals surface area contributed by atoms with Gasteiger partial charge in [-0.05, 0) is 50.4 Å². The summed E-state index contributed by atoms with van der Waals surface area (Å²) < 4.78 is 6.84. The number of methoxy groups -OCH3 is 1. The Morgan fingerprint density at radius 1 is 1.50 bits per heavy atom. The van der Waals surface area contributed by atoms with Gasteiger partial charge < -0.3 is 10.5 Å². The third-order valence-electron chi connectivity index (χ3n) is 4.43. The second-order valence-corrected chi connectivity index (χ2v) is 6.84. The molecule has 3 nitrogen and oxygen atoms in total. The Morgan fingerprint density at radius 2 is 2.25 bits per heavy atom.